The van der Waals surface area contributed by atoms with Crippen molar-refractivity contribution in [1.82, 2.24) is 10.6 Å². The molecule has 2 aromatic carbocycles. The van der Waals surface area contributed by atoms with Gasteiger partial charge in [0.2, 0.25) is 0 Å². The van der Waals surface area contributed by atoms with Crippen molar-refractivity contribution in [3.8, 4) is 11.5 Å². The van der Waals surface area contributed by atoms with E-state index in [9.17, 15) is 19.5 Å². The van der Waals surface area contributed by atoms with Crippen molar-refractivity contribution in [3.63, 3.8) is 0 Å². The molecular weight excluding hydrogens is 388 g/mol. The van der Waals surface area contributed by atoms with E-state index in [1.807, 2.05) is 0 Å². The molecule has 2 N–H and O–H groups in total. The Labute approximate surface area is 164 Å². The van der Waals surface area contributed by atoms with E-state index >= 15 is 0 Å². The van der Waals surface area contributed by atoms with Gasteiger partial charge in [-0.1, -0.05) is 35.9 Å². The van der Waals surface area contributed by atoms with E-state index < -0.39 is 17.9 Å². The fraction of sp³-hybridized carbons (Fsp3) is 0.105. The highest BCUT2D eigenvalue weighted by Crippen LogP contribution is 2.37. The first-order valence-electron chi connectivity index (χ1n) is 8.02. The SMILES string of the molecule is COc1cc(/C=C2/NC(=O)NC2=O)cc(Cl)c1OCc1ccc(C(=O)[O-])cc1. The minimum absolute atomic E-state index is 0.0693. The van der Waals surface area contributed by atoms with Crippen LogP contribution in [-0.4, -0.2) is 25.0 Å². The average molecular weight is 402 g/mol. The molecule has 1 aliphatic heterocycles. The lowest BCUT2D eigenvalue weighted by Gasteiger charge is -2.14. The van der Waals surface area contributed by atoms with Crippen LogP contribution in [0.15, 0.2) is 42.1 Å². The van der Waals surface area contributed by atoms with Gasteiger partial charge in [0.25, 0.3) is 5.91 Å². The summed E-state index contributed by atoms with van der Waals surface area (Å²) in [5.41, 5.74) is 1.41. The molecule has 28 heavy (non-hydrogen) atoms. The van der Waals surface area contributed by atoms with Crippen molar-refractivity contribution in [2.24, 2.45) is 0 Å². The maximum Gasteiger partial charge on any atom is 0.326 e. The first kappa shape index (κ1) is 19.2. The Morgan fingerprint density at radius 3 is 2.46 bits per heavy atom. The molecule has 0 radical (unpaired) electrons. The summed E-state index contributed by atoms with van der Waals surface area (Å²) in [6.07, 6.45) is 1.46. The van der Waals surface area contributed by atoms with Gasteiger partial charge in [-0.25, -0.2) is 4.79 Å². The van der Waals surface area contributed by atoms with Gasteiger partial charge in [-0.2, -0.15) is 0 Å². The minimum Gasteiger partial charge on any atom is -0.545 e. The van der Waals surface area contributed by atoms with Crippen LogP contribution in [0.4, 0.5) is 4.79 Å². The van der Waals surface area contributed by atoms with Crippen LogP contribution in [0.25, 0.3) is 6.08 Å². The molecule has 0 saturated carbocycles. The zero-order chi connectivity index (χ0) is 20.3. The molecule has 2 aromatic rings. The first-order valence-corrected chi connectivity index (χ1v) is 8.40. The van der Waals surface area contributed by atoms with Crippen LogP contribution in [0.5, 0.6) is 11.5 Å². The number of carboxylic acids is 1. The van der Waals surface area contributed by atoms with Crippen molar-refractivity contribution in [2.75, 3.05) is 7.11 Å². The lowest BCUT2D eigenvalue weighted by molar-refractivity contribution is -0.255. The predicted octanol–water partition coefficient (Wildman–Crippen LogP) is 1.47. The standard InChI is InChI=1S/C19H15ClN2O6/c1-27-15-8-11(7-14-17(23)22-19(26)21-14)6-13(20)16(15)28-9-10-2-4-12(5-3-10)18(24)25/h2-8H,9H2,1H3,(H,24,25)(H2,21,22,23,26)/p-1/b14-7+. The maximum absolute atomic E-state index is 11.6. The van der Waals surface area contributed by atoms with E-state index in [0.717, 1.165) is 5.56 Å². The van der Waals surface area contributed by atoms with Crippen LogP contribution < -0.4 is 25.2 Å². The van der Waals surface area contributed by atoms with E-state index in [2.05, 4.69) is 10.6 Å². The molecule has 0 atom stereocenters. The summed E-state index contributed by atoms with van der Waals surface area (Å²) >= 11 is 6.29. The molecular formula is C19H14ClN2O6-. The van der Waals surface area contributed by atoms with E-state index in [1.54, 1.807) is 24.3 Å². The molecule has 1 heterocycles. The second kappa shape index (κ2) is 8.01. The highest BCUT2D eigenvalue weighted by atomic mass is 35.5. The van der Waals surface area contributed by atoms with Gasteiger partial charge >= 0.3 is 6.03 Å². The fourth-order valence-corrected chi connectivity index (χ4v) is 2.78. The van der Waals surface area contributed by atoms with Crippen molar-refractivity contribution < 1.29 is 29.0 Å². The number of aromatic carboxylic acids is 1. The normalized spacial score (nSPS) is 14.6. The average Bonchev–Trinajstić information content (AvgIpc) is 2.97. The van der Waals surface area contributed by atoms with Crippen LogP contribution in [0.3, 0.4) is 0 Å². The van der Waals surface area contributed by atoms with Gasteiger partial charge in [0.1, 0.15) is 12.3 Å². The van der Waals surface area contributed by atoms with Gasteiger partial charge < -0.3 is 24.7 Å². The van der Waals surface area contributed by atoms with Gasteiger partial charge in [-0.3, -0.25) is 10.1 Å². The highest BCUT2D eigenvalue weighted by molar-refractivity contribution is 6.32. The van der Waals surface area contributed by atoms with Crippen molar-refractivity contribution in [2.45, 2.75) is 6.61 Å². The van der Waals surface area contributed by atoms with Crippen molar-refractivity contribution in [3.05, 3.63) is 63.8 Å². The zero-order valence-corrected chi connectivity index (χ0v) is 15.3. The molecule has 3 amide bonds. The number of rotatable bonds is 6. The number of urea groups is 1. The Hall–Kier alpha value is -3.52. The molecule has 0 aliphatic carbocycles. The second-order valence-electron chi connectivity index (χ2n) is 5.77. The molecule has 8 nitrogen and oxygen atoms in total. The maximum atomic E-state index is 11.6. The lowest BCUT2D eigenvalue weighted by Crippen LogP contribution is -2.22. The number of benzene rings is 2. The Kier molecular flexibility index (Phi) is 5.51. The van der Waals surface area contributed by atoms with Crippen molar-refractivity contribution in [1.29, 1.82) is 0 Å². The Bertz CT molecular complexity index is 985. The molecule has 0 bridgehead atoms. The van der Waals surface area contributed by atoms with Crippen LogP contribution >= 0.6 is 11.6 Å². The van der Waals surface area contributed by atoms with Gasteiger partial charge in [0.05, 0.1) is 18.1 Å². The summed E-state index contributed by atoms with van der Waals surface area (Å²) in [6.45, 7) is 0.127. The molecule has 3 rings (SSSR count). The Balaban J connectivity index is 1.80. The monoisotopic (exact) mass is 401 g/mol. The summed E-state index contributed by atoms with van der Waals surface area (Å²) in [7, 11) is 1.44. The third-order valence-electron chi connectivity index (χ3n) is 3.86. The third kappa shape index (κ3) is 4.24. The number of hydrogen-bond acceptors (Lipinski definition) is 6. The topological polar surface area (TPSA) is 117 Å². The number of carboxylic acid groups (broad SMARTS) is 1. The van der Waals surface area contributed by atoms with Crippen LogP contribution in [0, 0.1) is 0 Å². The Morgan fingerprint density at radius 2 is 1.89 bits per heavy atom. The molecule has 1 aliphatic rings. The van der Waals surface area contributed by atoms with Gasteiger partial charge in [0.15, 0.2) is 11.5 Å². The predicted molar refractivity (Wildman–Crippen MR) is 97.8 cm³/mol. The van der Waals surface area contributed by atoms with E-state index in [0.29, 0.717) is 11.3 Å². The quantitative estimate of drug-likeness (QED) is 0.559. The molecule has 0 spiro atoms. The number of hydrogen-bond donors (Lipinski definition) is 2. The molecule has 1 saturated heterocycles. The molecule has 9 heteroatoms. The number of nitrogens with one attached hydrogen (secondary N) is 2. The smallest absolute Gasteiger partial charge is 0.326 e. The highest BCUT2D eigenvalue weighted by Gasteiger charge is 2.23. The van der Waals surface area contributed by atoms with Crippen LogP contribution in [0.2, 0.25) is 5.02 Å². The van der Waals surface area contributed by atoms with E-state index in [1.165, 1.54) is 25.3 Å². The number of carbonyl (C=O) groups excluding carboxylic acids is 3. The fourth-order valence-electron chi connectivity index (χ4n) is 2.50. The molecule has 0 unspecified atom stereocenters. The first-order chi connectivity index (χ1) is 13.4. The third-order valence-corrected chi connectivity index (χ3v) is 4.14. The van der Waals surface area contributed by atoms with Gasteiger partial charge in [0, 0.05) is 0 Å². The number of amides is 3. The van der Waals surface area contributed by atoms with E-state index in [-0.39, 0.29) is 28.6 Å². The summed E-state index contributed by atoms with van der Waals surface area (Å²) in [5.74, 6) is -1.18. The summed E-state index contributed by atoms with van der Waals surface area (Å²) < 4.78 is 11.0. The van der Waals surface area contributed by atoms with Gasteiger partial charge in [-0.05, 0) is 34.9 Å². The van der Waals surface area contributed by atoms with Crippen LogP contribution in [0.1, 0.15) is 21.5 Å². The number of methoxy groups -OCH3 is 1. The molecule has 1 fully saturated rings. The van der Waals surface area contributed by atoms with E-state index in [4.69, 9.17) is 21.1 Å². The number of carbonyl (C=O) groups is 3. The zero-order valence-electron chi connectivity index (χ0n) is 14.6. The molecule has 0 aromatic heterocycles. The number of halogens is 1. The number of ether oxygens (including phenoxy) is 2. The molecule has 144 valence electrons. The van der Waals surface area contributed by atoms with Gasteiger partial charge in [-0.15, -0.1) is 0 Å². The Morgan fingerprint density at radius 1 is 1.18 bits per heavy atom. The van der Waals surface area contributed by atoms with Crippen molar-refractivity contribution >= 4 is 35.6 Å². The minimum atomic E-state index is -1.26. The summed E-state index contributed by atoms with van der Waals surface area (Å²) in [6, 6.07) is 8.61. The second-order valence-corrected chi connectivity index (χ2v) is 6.18. The lowest BCUT2D eigenvalue weighted by atomic mass is 10.1. The largest absolute Gasteiger partial charge is 0.545 e. The summed E-state index contributed by atoms with van der Waals surface area (Å²) in [4.78, 5) is 33.6. The summed E-state index contributed by atoms with van der Waals surface area (Å²) in [5, 5.41) is 15.5. The number of imide groups is 1. The van der Waals surface area contributed by atoms with Crippen LogP contribution in [-0.2, 0) is 11.4 Å².